The maximum Gasteiger partial charge on any atom is 0.270 e. The normalized spacial score (nSPS) is 17.9. The zero-order chi connectivity index (χ0) is 14.4. The van der Waals surface area contributed by atoms with Crippen LogP contribution in [0, 0.1) is 10.1 Å². The van der Waals surface area contributed by atoms with Crippen LogP contribution in [0.5, 0.6) is 0 Å². The first kappa shape index (κ1) is 15.1. The van der Waals surface area contributed by atoms with E-state index in [2.05, 4.69) is 15.3 Å². The topological polar surface area (TPSA) is 80.4 Å². The van der Waals surface area contributed by atoms with E-state index in [1.54, 1.807) is 24.0 Å². The predicted molar refractivity (Wildman–Crippen MR) is 81.1 cm³/mol. The number of nitro groups is 1. The van der Waals surface area contributed by atoms with Gasteiger partial charge in [-0.05, 0) is 12.1 Å². The average Bonchev–Trinajstić information content (AvgIpc) is 2.89. The number of hydrogen-bond acceptors (Lipinski definition) is 6. The fourth-order valence-electron chi connectivity index (χ4n) is 1.87. The first-order valence-corrected chi connectivity index (χ1v) is 7.80. The van der Waals surface area contributed by atoms with Crippen LogP contribution < -0.4 is 5.32 Å². The Kier molecular flexibility index (Phi) is 5.60. The Morgan fingerprint density at radius 2 is 2.45 bits per heavy atom. The van der Waals surface area contributed by atoms with Gasteiger partial charge in [0.2, 0.25) is 0 Å². The highest BCUT2D eigenvalue weighted by Gasteiger charge is 2.30. The number of nitrogens with one attached hydrogen (secondary N) is 1. The zero-order valence-corrected chi connectivity index (χ0v) is 12.4. The molecule has 0 spiro atoms. The van der Waals surface area contributed by atoms with Crippen molar-refractivity contribution < 1.29 is 4.92 Å². The van der Waals surface area contributed by atoms with Crippen LogP contribution in [0.3, 0.4) is 0 Å². The van der Waals surface area contributed by atoms with Crippen molar-refractivity contribution in [1.82, 2.24) is 10.3 Å². The van der Waals surface area contributed by atoms with Gasteiger partial charge in [-0.1, -0.05) is 11.6 Å². The third kappa shape index (κ3) is 4.08. The van der Waals surface area contributed by atoms with Gasteiger partial charge in [-0.2, -0.15) is 11.8 Å². The molecule has 2 rings (SSSR count). The minimum Gasteiger partial charge on any atom is -0.367 e. The number of rotatable bonds is 6. The molecule has 20 heavy (non-hydrogen) atoms. The lowest BCUT2D eigenvalue weighted by atomic mass is 10.2. The summed E-state index contributed by atoms with van der Waals surface area (Å²) >= 11 is 7.69. The van der Waals surface area contributed by atoms with Crippen LogP contribution in [-0.4, -0.2) is 40.6 Å². The van der Waals surface area contributed by atoms with Gasteiger partial charge < -0.3 is 5.32 Å². The predicted octanol–water partition coefficient (Wildman–Crippen LogP) is 2.01. The van der Waals surface area contributed by atoms with E-state index < -0.39 is 6.04 Å². The van der Waals surface area contributed by atoms with Gasteiger partial charge >= 0.3 is 0 Å². The van der Waals surface area contributed by atoms with Gasteiger partial charge in [-0.25, -0.2) is 0 Å². The highest BCUT2D eigenvalue weighted by atomic mass is 35.5. The summed E-state index contributed by atoms with van der Waals surface area (Å²) in [5.41, 5.74) is 0.862. The summed E-state index contributed by atoms with van der Waals surface area (Å²) < 4.78 is 0. The molecule has 108 valence electrons. The molecule has 0 aromatic carbocycles. The van der Waals surface area contributed by atoms with Crippen LogP contribution >= 0.6 is 23.4 Å². The molecule has 1 atom stereocenters. The number of thioether (sulfide) groups is 1. The molecule has 0 saturated heterocycles. The molecule has 6 nitrogen and oxygen atoms in total. The number of amidine groups is 1. The first-order valence-electron chi connectivity index (χ1n) is 6.27. The SMILES string of the molecule is O=[N+]([O-])C1CCN=C1NCCSCc1ncccc1Cl. The Morgan fingerprint density at radius 1 is 1.60 bits per heavy atom. The Labute approximate surface area is 126 Å². The van der Waals surface area contributed by atoms with Gasteiger partial charge in [-0.3, -0.25) is 20.1 Å². The molecule has 1 aliphatic rings. The summed E-state index contributed by atoms with van der Waals surface area (Å²) in [5.74, 6) is 2.05. The van der Waals surface area contributed by atoms with E-state index >= 15 is 0 Å². The number of hydrogen-bond donors (Lipinski definition) is 1. The van der Waals surface area contributed by atoms with Gasteiger partial charge in [0.15, 0.2) is 5.84 Å². The van der Waals surface area contributed by atoms with Crippen molar-refractivity contribution in [2.75, 3.05) is 18.8 Å². The van der Waals surface area contributed by atoms with Gasteiger partial charge in [0.25, 0.3) is 6.04 Å². The molecule has 2 heterocycles. The molecule has 1 N–H and O–H groups in total. The van der Waals surface area contributed by atoms with Crippen LogP contribution in [0.2, 0.25) is 5.02 Å². The van der Waals surface area contributed by atoms with Crippen molar-refractivity contribution >= 4 is 29.2 Å². The largest absolute Gasteiger partial charge is 0.367 e. The lowest BCUT2D eigenvalue weighted by Gasteiger charge is -2.08. The molecular weight excluding hydrogens is 300 g/mol. The standard InChI is InChI=1S/C12H15ClN4O2S/c13-9-2-1-4-14-10(9)8-20-7-6-16-12-11(17(18)19)3-5-15-12/h1-2,4,11H,3,5-8H2,(H,15,16). The number of nitrogens with zero attached hydrogens (tertiary/aromatic N) is 3. The zero-order valence-electron chi connectivity index (χ0n) is 10.8. The molecule has 1 aromatic heterocycles. The monoisotopic (exact) mass is 314 g/mol. The highest BCUT2D eigenvalue weighted by Crippen LogP contribution is 2.18. The molecule has 8 heteroatoms. The Bertz CT molecular complexity index is 512. The van der Waals surface area contributed by atoms with Gasteiger partial charge in [0.05, 0.1) is 10.7 Å². The van der Waals surface area contributed by atoms with Gasteiger partial charge in [-0.15, -0.1) is 0 Å². The van der Waals surface area contributed by atoms with E-state index in [4.69, 9.17) is 11.6 Å². The molecule has 1 aromatic rings. The lowest BCUT2D eigenvalue weighted by Crippen LogP contribution is -2.37. The van der Waals surface area contributed by atoms with Gasteiger partial charge in [0.1, 0.15) is 0 Å². The fraction of sp³-hybridized carbons (Fsp3) is 0.500. The van der Waals surface area contributed by atoms with Crippen LogP contribution in [-0.2, 0) is 5.75 Å². The maximum atomic E-state index is 10.8. The Hall–Kier alpha value is -1.34. The summed E-state index contributed by atoms with van der Waals surface area (Å²) in [7, 11) is 0. The number of pyridine rings is 1. The van der Waals surface area contributed by atoms with E-state index in [1.807, 2.05) is 6.07 Å². The highest BCUT2D eigenvalue weighted by molar-refractivity contribution is 7.98. The second-order valence-electron chi connectivity index (χ2n) is 4.27. The van der Waals surface area contributed by atoms with Crippen LogP contribution in [0.1, 0.15) is 12.1 Å². The number of halogens is 1. The molecule has 1 unspecified atom stereocenters. The lowest BCUT2D eigenvalue weighted by molar-refractivity contribution is -0.502. The molecule has 0 amide bonds. The van der Waals surface area contributed by atoms with Crippen molar-refractivity contribution in [3.63, 3.8) is 0 Å². The fourth-order valence-corrected chi connectivity index (χ4v) is 2.95. The van der Waals surface area contributed by atoms with E-state index in [9.17, 15) is 10.1 Å². The third-order valence-corrected chi connectivity index (χ3v) is 4.20. The second kappa shape index (κ2) is 7.44. The molecule has 1 aliphatic heterocycles. The van der Waals surface area contributed by atoms with Crippen LogP contribution in [0.25, 0.3) is 0 Å². The van der Waals surface area contributed by atoms with Crippen molar-refractivity contribution in [2.45, 2.75) is 18.2 Å². The molecule has 0 saturated carbocycles. The van der Waals surface area contributed by atoms with Gasteiger partial charge in [0, 0.05) is 42.1 Å². The number of aromatic nitrogens is 1. The summed E-state index contributed by atoms with van der Waals surface area (Å²) in [6, 6.07) is 2.95. The summed E-state index contributed by atoms with van der Waals surface area (Å²) in [5, 5.41) is 14.5. The summed E-state index contributed by atoms with van der Waals surface area (Å²) in [6.07, 6.45) is 2.21. The molecule has 0 fully saturated rings. The molecule has 0 radical (unpaired) electrons. The number of aliphatic imine (C=N–C) groups is 1. The summed E-state index contributed by atoms with van der Waals surface area (Å²) in [6.45, 7) is 1.18. The quantitative estimate of drug-likeness (QED) is 0.493. The van der Waals surface area contributed by atoms with Crippen molar-refractivity contribution in [3.05, 3.63) is 39.2 Å². The molecule has 0 bridgehead atoms. The Balaban J connectivity index is 1.67. The molecular formula is C12H15ClN4O2S. The smallest absolute Gasteiger partial charge is 0.270 e. The minimum atomic E-state index is -0.662. The van der Waals surface area contributed by atoms with E-state index in [0.717, 1.165) is 17.2 Å². The van der Waals surface area contributed by atoms with E-state index in [-0.39, 0.29) is 4.92 Å². The first-order chi connectivity index (χ1) is 9.68. The average molecular weight is 315 g/mol. The summed E-state index contributed by atoms with van der Waals surface area (Å²) in [4.78, 5) is 18.8. The van der Waals surface area contributed by atoms with Crippen molar-refractivity contribution in [3.8, 4) is 0 Å². The maximum absolute atomic E-state index is 10.8. The van der Waals surface area contributed by atoms with E-state index in [0.29, 0.717) is 30.4 Å². The second-order valence-corrected chi connectivity index (χ2v) is 5.78. The third-order valence-electron chi connectivity index (χ3n) is 2.88. The van der Waals surface area contributed by atoms with Crippen LogP contribution in [0.15, 0.2) is 23.3 Å². The van der Waals surface area contributed by atoms with Crippen molar-refractivity contribution in [2.24, 2.45) is 4.99 Å². The van der Waals surface area contributed by atoms with Crippen molar-refractivity contribution in [1.29, 1.82) is 0 Å². The van der Waals surface area contributed by atoms with E-state index in [1.165, 1.54) is 0 Å². The van der Waals surface area contributed by atoms with Crippen LogP contribution in [0.4, 0.5) is 0 Å². The Morgan fingerprint density at radius 3 is 3.20 bits per heavy atom. The minimum absolute atomic E-state index is 0.278. The molecule has 0 aliphatic carbocycles.